The van der Waals surface area contributed by atoms with Gasteiger partial charge >= 0.3 is 300 Å². The second-order valence-corrected chi connectivity index (χ2v) is 15.1. The van der Waals surface area contributed by atoms with Crippen molar-refractivity contribution < 1.29 is 3.83 Å². The summed E-state index contributed by atoms with van der Waals surface area (Å²) < 4.78 is 17.9. The molecule has 0 amide bonds. The minimum atomic E-state index is -3.03. The van der Waals surface area contributed by atoms with Gasteiger partial charge in [0.05, 0.1) is 0 Å². The molecule has 0 bridgehead atoms. The summed E-state index contributed by atoms with van der Waals surface area (Å²) in [5, 5.41) is 0. The summed E-state index contributed by atoms with van der Waals surface area (Å²) in [5.74, 6) is 0. The van der Waals surface area contributed by atoms with E-state index in [2.05, 4.69) is 170 Å². The van der Waals surface area contributed by atoms with E-state index >= 15 is 3.83 Å². The maximum absolute atomic E-state index is 16.1. The Balaban J connectivity index is 1.49. The first-order chi connectivity index (χ1) is 24.7. The van der Waals surface area contributed by atoms with Crippen LogP contribution in [0.2, 0.25) is 0 Å². The fourth-order valence-electron chi connectivity index (χ4n) is 6.68. The molecule has 8 rings (SSSR count). The van der Waals surface area contributed by atoms with Gasteiger partial charge in [0, 0.05) is 0 Å². The zero-order valence-electron chi connectivity index (χ0n) is 27.4. The van der Waals surface area contributed by atoms with Crippen molar-refractivity contribution in [3.63, 3.8) is 0 Å². The van der Waals surface area contributed by atoms with Crippen molar-refractivity contribution in [3.05, 3.63) is 206 Å². The van der Waals surface area contributed by atoms with Crippen LogP contribution < -0.4 is 8.92 Å². The number of benzene rings is 8. The molecule has 0 aromatic heterocycles. The molecular weight excluding hydrogens is 671 g/mol. The fraction of sp³-hybridized carbons (Fsp3) is 0. The zero-order chi connectivity index (χ0) is 33.7. The summed E-state index contributed by atoms with van der Waals surface area (Å²) in [6, 6.07) is 71.7. The van der Waals surface area contributed by atoms with Crippen LogP contribution in [-0.2, 0) is 3.83 Å². The average molecular weight is 706 g/mol. The molecule has 0 aliphatic carbocycles. The van der Waals surface area contributed by atoms with Crippen LogP contribution in [0.15, 0.2) is 206 Å². The summed E-state index contributed by atoms with van der Waals surface area (Å²) >= 11 is -3.03. The van der Waals surface area contributed by atoms with E-state index in [4.69, 9.17) is 0 Å². The van der Waals surface area contributed by atoms with Crippen LogP contribution in [0.5, 0.6) is 0 Å². The summed E-state index contributed by atoms with van der Waals surface area (Å²) in [6.45, 7) is 0. The van der Waals surface area contributed by atoms with E-state index in [0.717, 1.165) is 75.7 Å². The molecule has 0 atom stereocenters. The van der Waals surface area contributed by atoms with Crippen molar-refractivity contribution >= 4 is 22.8 Å². The van der Waals surface area contributed by atoms with Crippen LogP contribution in [0.25, 0.3) is 66.8 Å². The van der Waals surface area contributed by atoms with Crippen molar-refractivity contribution in [2.45, 2.75) is 0 Å². The molecule has 0 aliphatic heterocycles. The molecule has 238 valence electrons. The standard InChI is InChI=1S/C48H34OSe/c49-50(47-43(37-23-11-3-12-24-37)31-41(35-19-7-1-8-20-35)32-44(47)38-25-13-4-14-26-38)48-45(39-27-15-5-16-28-39)33-42(36-21-9-2-10-22-36)34-46(48)40-29-17-6-18-30-40/h1-34H. The Morgan fingerprint density at radius 2 is 0.440 bits per heavy atom. The molecule has 0 saturated carbocycles. The minimum absolute atomic E-state index is 0.893. The zero-order valence-corrected chi connectivity index (χ0v) is 29.2. The first-order valence-corrected chi connectivity index (χ1v) is 19.3. The Morgan fingerprint density at radius 1 is 0.240 bits per heavy atom. The Kier molecular flexibility index (Phi) is 8.96. The van der Waals surface area contributed by atoms with Gasteiger partial charge in [0.1, 0.15) is 0 Å². The maximum atomic E-state index is 16.1. The molecule has 0 unspecified atom stereocenters. The van der Waals surface area contributed by atoms with E-state index in [1.54, 1.807) is 0 Å². The van der Waals surface area contributed by atoms with Gasteiger partial charge in [0.2, 0.25) is 0 Å². The molecule has 0 N–H and O–H groups in total. The molecule has 0 spiro atoms. The monoisotopic (exact) mass is 706 g/mol. The van der Waals surface area contributed by atoms with Gasteiger partial charge in [-0.15, -0.1) is 0 Å². The van der Waals surface area contributed by atoms with E-state index in [9.17, 15) is 0 Å². The fourth-order valence-corrected chi connectivity index (χ4v) is 10.3. The SMILES string of the molecule is O=[Se](c1c(-c2ccccc2)cc(-c2ccccc2)cc1-c1ccccc1)c1c(-c2ccccc2)cc(-c2ccccc2)cc1-c1ccccc1. The van der Waals surface area contributed by atoms with Crippen molar-refractivity contribution in [1.29, 1.82) is 0 Å². The summed E-state index contributed by atoms with van der Waals surface area (Å²) in [4.78, 5) is 0. The second kappa shape index (κ2) is 14.3. The van der Waals surface area contributed by atoms with E-state index < -0.39 is 13.8 Å². The third kappa shape index (κ3) is 6.31. The quantitative estimate of drug-likeness (QED) is 0.144. The van der Waals surface area contributed by atoms with Gasteiger partial charge in [-0.2, -0.15) is 0 Å². The molecular formula is C48H34OSe. The van der Waals surface area contributed by atoms with Gasteiger partial charge in [-0.1, -0.05) is 0 Å². The van der Waals surface area contributed by atoms with Crippen LogP contribution >= 0.6 is 0 Å². The second-order valence-electron chi connectivity index (χ2n) is 12.3. The molecule has 0 fully saturated rings. The first-order valence-electron chi connectivity index (χ1n) is 16.8. The van der Waals surface area contributed by atoms with Gasteiger partial charge in [-0.05, 0) is 0 Å². The summed E-state index contributed by atoms with van der Waals surface area (Å²) in [5.41, 5.74) is 12.6. The molecule has 8 aromatic rings. The van der Waals surface area contributed by atoms with Gasteiger partial charge < -0.3 is 0 Å². The Bertz CT molecular complexity index is 2100. The molecule has 0 saturated heterocycles. The van der Waals surface area contributed by atoms with Crippen molar-refractivity contribution in [2.24, 2.45) is 0 Å². The topological polar surface area (TPSA) is 17.1 Å². The Labute approximate surface area is 298 Å². The Hall–Kier alpha value is -5.92. The molecule has 0 radical (unpaired) electrons. The third-order valence-electron chi connectivity index (χ3n) is 9.10. The Morgan fingerprint density at radius 3 is 0.660 bits per heavy atom. The third-order valence-corrected chi connectivity index (χ3v) is 12.5. The first kappa shape index (κ1) is 31.4. The molecule has 0 aliphatic rings. The normalized spacial score (nSPS) is 11.1. The van der Waals surface area contributed by atoms with Crippen molar-refractivity contribution in [1.82, 2.24) is 0 Å². The van der Waals surface area contributed by atoms with Crippen LogP contribution in [0.3, 0.4) is 0 Å². The predicted molar refractivity (Wildman–Crippen MR) is 211 cm³/mol. The molecule has 2 heteroatoms. The number of rotatable bonds is 8. The van der Waals surface area contributed by atoms with Crippen LogP contribution in [0.1, 0.15) is 0 Å². The van der Waals surface area contributed by atoms with E-state index in [0.29, 0.717) is 0 Å². The van der Waals surface area contributed by atoms with Gasteiger partial charge in [0.15, 0.2) is 0 Å². The molecule has 8 aromatic carbocycles. The number of hydrogen-bond acceptors (Lipinski definition) is 1. The molecule has 0 heterocycles. The van der Waals surface area contributed by atoms with E-state index in [1.165, 1.54) is 0 Å². The van der Waals surface area contributed by atoms with Crippen LogP contribution in [0, 0.1) is 0 Å². The molecule has 50 heavy (non-hydrogen) atoms. The van der Waals surface area contributed by atoms with Crippen molar-refractivity contribution in [3.8, 4) is 66.8 Å². The van der Waals surface area contributed by atoms with Gasteiger partial charge in [0.25, 0.3) is 0 Å². The van der Waals surface area contributed by atoms with Gasteiger partial charge in [-0.25, -0.2) is 0 Å². The van der Waals surface area contributed by atoms with E-state index in [-0.39, 0.29) is 0 Å². The van der Waals surface area contributed by atoms with Crippen LogP contribution in [0.4, 0.5) is 0 Å². The van der Waals surface area contributed by atoms with E-state index in [1.807, 2.05) is 36.4 Å². The predicted octanol–water partition coefficient (Wildman–Crippen LogP) is 11.2. The summed E-state index contributed by atoms with van der Waals surface area (Å²) in [6.07, 6.45) is 0. The summed E-state index contributed by atoms with van der Waals surface area (Å²) in [7, 11) is 0. The molecule has 1 nitrogen and oxygen atoms in total. The van der Waals surface area contributed by atoms with Gasteiger partial charge in [-0.3, -0.25) is 0 Å². The van der Waals surface area contributed by atoms with Crippen molar-refractivity contribution in [2.75, 3.05) is 0 Å². The number of hydrogen-bond donors (Lipinski definition) is 0. The average Bonchev–Trinajstić information content (AvgIpc) is 3.21. The van der Waals surface area contributed by atoms with Crippen LogP contribution in [-0.4, -0.2) is 13.8 Å².